The van der Waals surface area contributed by atoms with Gasteiger partial charge in [0.15, 0.2) is 5.96 Å². The highest BCUT2D eigenvalue weighted by molar-refractivity contribution is 14.0. The lowest BCUT2D eigenvalue weighted by Gasteiger charge is -2.12. The maximum Gasteiger partial charge on any atom is 0.191 e. The number of halogens is 1. The molecule has 0 aliphatic heterocycles. The molecule has 166 valence electrons. The summed E-state index contributed by atoms with van der Waals surface area (Å²) in [6.45, 7) is 5.37. The number of guanidine groups is 1. The first-order valence-electron chi connectivity index (χ1n) is 10.5. The van der Waals surface area contributed by atoms with Gasteiger partial charge in [0.05, 0.1) is 12.2 Å². The van der Waals surface area contributed by atoms with Gasteiger partial charge in [-0.05, 0) is 62.3 Å². The Labute approximate surface area is 202 Å². The lowest BCUT2D eigenvalue weighted by molar-refractivity contribution is 0.402. The van der Waals surface area contributed by atoms with Crippen molar-refractivity contribution in [2.24, 2.45) is 4.99 Å². The Kier molecular flexibility index (Phi) is 10.5. The first-order chi connectivity index (χ1) is 14.6. The Morgan fingerprint density at radius 1 is 0.968 bits per heavy atom. The minimum Gasteiger partial charge on any atom is -0.357 e. The number of hydrogen-bond donors (Lipinski definition) is 2. The van der Waals surface area contributed by atoms with E-state index in [1.165, 1.54) is 16.7 Å². The minimum atomic E-state index is 0. The summed E-state index contributed by atoms with van der Waals surface area (Å²) in [5.41, 5.74) is 4.88. The zero-order chi connectivity index (χ0) is 21.2. The van der Waals surface area contributed by atoms with E-state index in [2.05, 4.69) is 90.2 Å². The number of aliphatic imine (C=N–C) groups is 1. The molecule has 0 radical (unpaired) electrons. The largest absolute Gasteiger partial charge is 0.357 e. The van der Waals surface area contributed by atoms with Gasteiger partial charge in [0.1, 0.15) is 0 Å². The topological polar surface area (TPSA) is 57.5 Å². The minimum absolute atomic E-state index is 0. The van der Waals surface area contributed by atoms with Crippen LogP contribution in [0.3, 0.4) is 0 Å². The predicted molar refractivity (Wildman–Crippen MR) is 139 cm³/mol. The summed E-state index contributed by atoms with van der Waals surface area (Å²) in [4.78, 5) is 6.90. The monoisotopic (exact) mass is 532 g/mol. The Morgan fingerprint density at radius 2 is 1.65 bits per heavy atom. The highest BCUT2D eigenvalue weighted by atomic mass is 127. The zero-order valence-electron chi connectivity index (χ0n) is 18.6. The van der Waals surface area contributed by atoms with Gasteiger partial charge in [0, 0.05) is 32.0 Å². The molecule has 1 heterocycles. The summed E-state index contributed by atoms with van der Waals surface area (Å²) < 4.78 is 1.87. The molecular weight excluding hydrogens is 499 g/mol. The van der Waals surface area contributed by atoms with Crippen molar-refractivity contribution in [3.05, 3.63) is 83.7 Å². The average molecular weight is 532 g/mol. The summed E-state index contributed by atoms with van der Waals surface area (Å²) in [5.74, 6) is 0.850. The smallest absolute Gasteiger partial charge is 0.191 e. The number of benzene rings is 2. The van der Waals surface area contributed by atoms with Crippen LogP contribution in [-0.2, 0) is 19.5 Å². The molecule has 0 bridgehead atoms. The lowest BCUT2D eigenvalue weighted by Crippen LogP contribution is -2.38. The number of hydrogen-bond acceptors (Lipinski definition) is 3. The van der Waals surface area contributed by atoms with Crippen molar-refractivity contribution in [1.82, 2.24) is 25.3 Å². The van der Waals surface area contributed by atoms with Crippen LogP contribution in [0.2, 0.25) is 0 Å². The van der Waals surface area contributed by atoms with Crippen LogP contribution in [0.1, 0.15) is 23.6 Å². The Bertz CT molecular complexity index is 902. The molecule has 0 saturated carbocycles. The van der Waals surface area contributed by atoms with E-state index in [1.807, 2.05) is 16.9 Å². The van der Waals surface area contributed by atoms with Gasteiger partial charge in [-0.15, -0.1) is 24.0 Å². The average Bonchev–Trinajstić information content (AvgIpc) is 3.28. The third-order valence-electron chi connectivity index (χ3n) is 4.70. The van der Waals surface area contributed by atoms with Crippen LogP contribution < -0.4 is 10.6 Å². The maximum atomic E-state index is 4.73. The highest BCUT2D eigenvalue weighted by Crippen LogP contribution is 2.09. The van der Waals surface area contributed by atoms with Crippen molar-refractivity contribution in [1.29, 1.82) is 0 Å². The Balaban J connectivity index is 0.00000341. The fourth-order valence-corrected chi connectivity index (χ4v) is 3.19. The van der Waals surface area contributed by atoms with Crippen LogP contribution in [0.5, 0.6) is 0 Å². The molecule has 0 amide bonds. The van der Waals surface area contributed by atoms with Crippen molar-refractivity contribution >= 4 is 29.9 Å². The molecular formula is C24H33IN6. The molecule has 7 heteroatoms. The second-order valence-electron chi connectivity index (χ2n) is 7.54. The second kappa shape index (κ2) is 13.1. The van der Waals surface area contributed by atoms with Gasteiger partial charge in [0.25, 0.3) is 0 Å². The van der Waals surface area contributed by atoms with E-state index < -0.39 is 0 Å². The van der Waals surface area contributed by atoms with Crippen LogP contribution in [0.4, 0.5) is 0 Å². The third kappa shape index (κ3) is 8.34. The van der Waals surface area contributed by atoms with Gasteiger partial charge < -0.3 is 15.5 Å². The molecule has 0 spiro atoms. The quantitative estimate of drug-likeness (QED) is 0.250. The molecule has 0 atom stereocenters. The normalized spacial score (nSPS) is 11.3. The fourth-order valence-electron chi connectivity index (χ4n) is 3.19. The summed E-state index contributed by atoms with van der Waals surface area (Å²) in [6.07, 6.45) is 4.67. The number of rotatable bonds is 9. The first kappa shape index (κ1) is 24.9. The molecule has 0 unspecified atom stereocenters. The van der Waals surface area contributed by atoms with Crippen molar-refractivity contribution < 1.29 is 0 Å². The molecule has 2 N–H and O–H groups in total. The zero-order valence-corrected chi connectivity index (χ0v) is 20.9. The second-order valence-corrected chi connectivity index (χ2v) is 7.54. The molecule has 6 nitrogen and oxygen atoms in total. The molecule has 3 rings (SSSR count). The van der Waals surface area contributed by atoms with Crippen LogP contribution in [-0.4, -0.2) is 47.8 Å². The van der Waals surface area contributed by atoms with E-state index in [4.69, 9.17) is 4.99 Å². The van der Waals surface area contributed by atoms with Crippen molar-refractivity contribution in [3.63, 3.8) is 0 Å². The molecule has 3 aromatic rings. The van der Waals surface area contributed by atoms with Gasteiger partial charge in [-0.25, -0.2) is 9.67 Å². The molecule has 0 saturated heterocycles. The predicted octanol–water partition coefficient (Wildman–Crippen LogP) is 3.85. The summed E-state index contributed by atoms with van der Waals surface area (Å²) in [7, 11) is 4.17. The summed E-state index contributed by atoms with van der Waals surface area (Å²) in [5, 5.41) is 11.0. The standard InChI is InChI=1S/C24H32N6.HI/c1-4-25-24(27-18-21-6-8-22(9-7-21)19-29(2)3)26-16-14-20-10-12-23(13-11-20)30-17-5-15-28-30;/h5-13,15,17H,4,14,16,18-19H2,1-3H3,(H2,25,26,27);1H. The maximum absolute atomic E-state index is 4.73. The van der Waals surface area contributed by atoms with Gasteiger partial charge in [-0.3, -0.25) is 0 Å². The summed E-state index contributed by atoms with van der Waals surface area (Å²) >= 11 is 0. The van der Waals surface area contributed by atoms with Crippen LogP contribution in [0.15, 0.2) is 72.0 Å². The van der Waals surface area contributed by atoms with Crippen LogP contribution >= 0.6 is 24.0 Å². The Hall–Kier alpha value is -2.39. The fraction of sp³-hybridized carbons (Fsp3) is 0.333. The van der Waals surface area contributed by atoms with E-state index in [0.717, 1.165) is 37.7 Å². The van der Waals surface area contributed by atoms with Gasteiger partial charge in [-0.1, -0.05) is 36.4 Å². The van der Waals surface area contributed by atoms with E-state index in [0.29, 0.717) is 6.54 Å². The summed E-state index contributed by atoms with van der Waals surface area (Å²) in [6, 6.07) is 19.1. The van der Waals surface area contributed by atoms with Crippen LogP contribution in [0, 0.1) is 0 Å². The number of aromatic nitrogens is 2. The molecule has 2 aromatic carbocycles. The van der Waals surface area contributed by atoms with Gasteiger partial charge >= 0.3 is 0 Å². The van der Waals surface area contributed by atoms with Gasteiger partial charge in [0.2, 0.25) is 0 Å². The molecule has 1 aromatic heterocycles. The van der Waals surface area contributed by atoms with E-state index >= 15 is 0 Å². The van der Waals surface area contributed by atoms with Gasteiger partial charge in [-0.2, -0.15) is 5.10 Å². The molecule has 0 aliphatic rings. The molecule has 0 aliphatic carbocycles. The van der Waals surface area contributed by atoms with Crippen LogP contribution in [0.25, 0.3) is 5.69 Å². The Morgan fingerprint density at radius 3 is 2.26 bits per heavy atom. The number of nitrogens with one attached hydrogen (secondary N) is 2. The first-order valence-corrected chi connectivity index (χ1v) is 10.5. The molecule has 0 fully saturated rings. The lowest BCUT2D eigenvalue weighted by atomic mass is 10.1. The van der Waals surface area contributed by atoms with E-state index in [1.54, 1.807) is 6.20 Å². The van der Waals surface area contributed by atoms with Crippen molar-refractivity contribution in [2.75, 3.05) is 27.2 Å². The highest BCUT2D eigenvalue weighted by Gasteiger charge is 2.01. The third-order valence-corrected chi connectivity index (χ3v) is 4.70. The molecule has 31 heavy (non-hydrogen) atoms. The van der Waals surface area contributed by atoms with E-state index in [-0.39, 0.29) is 24.0 Å². The number of nitrogens with zero attached hydrogens (tertiary/aromatic N) is 4. The van der Waals surface area contributed by atoms with Crippen molar-refractivity contribution in [3.8, 4) is 5.69 Å². The SMILES string of the molecule is CCNC(=NCc1ccc(CN(C)C)cc1)NCCc1ccc(-n2cccn2)cc1.I. The van der Waals surface area contributed by atoms with E-state index in [9.17, 15) is 0 Å². The van der Waals surface area contributed by atoms with Crippen molar-refractivity contribution in [2.45, 2.75) is 26.4 Å².